The van der Waals surface area contributed by atoms with Gasteiger partial charge in [0.05, 0.1) is 12.0 Å². The molecule has 0 unspecified atom stereocenters. The van der Waals surface area contributed by atoms with Crippen molar-refractivity contribution in [3.05, 3.63) is 59.7 Å². The second-order valence-electron chi connectivity index (χ2n) is 9.52. The van der Waals surface area contributed by atoms with E-state index in [1.54, 1.807) is 0 Å². The van der Waals surface area contributed by atoms with Crippen molar-refractivity contribution < 1.29 is 24.2 Å². The van der Waals surface area contributed by atoms with Gasteiger partial charge in [0, 0.05) is 17.9 Å². The van der Waals surface area contributed by atoms with E-state index in [1.807, 2.05) is 24.3 Å². The molecule has 0 aliphatic heterocycles. The van der Waals surface area contributed by atoms with Crippen molar-refractivity contribution in [1.29, 1.82) is 0 Å². The van der Waals surface area contributed by atoms with Crippen LogP contribution in [0.15, 0.2) is 48.5 Å². The first-order valence-electron chi connectivity index (χ1n) is 11.6. The number of hydrogen-bond donors (Lipinski definition) is 3. The average Bonchev–Trinajstić information content (AvgIpc) is 3.24. The van der Waals surface area contributed by atoms with Gasteiger partial charge < -0.3 is 20.5 Å². The fraction of sp³-hybridized carbons (Fsp3) is 0.423. The lowest BCUT2D eigenvalue weighted by Crippen LogP contribution is -2.42. The van der Waals surface area contributed by atoms with Gasteiger partial charge in [-0.2, -0.15) is 0 Å². The van der Waals surface area contributed by atoms with Gasteiger partial charge in [-0.1, -0.05) is 48.5 Å². The summed E-state index contributed by atoms with van der Waals surface area (Å²) in [4.78, 5) is 36.1. The Balaban J connectivity index is 1.13. The molecule has 2 fully saturated rings. The number of carbonyl (C=O) groups excluding carboxylic acids is 2. The molecule has 5 rings (SSSR count). The standard InChI is InChI=1S/C26H28N2O5/c29-23(30)14-26(11-12-26)28-24(31)16-9-10-17(13-16)27-25(32)33-15-22-20-7-3-1-5-18(20)19-6-2-4-8-21(19)22/h1-8,16-17,22H,9-15H2,(H,27,32)(H,28,31)(H,29,30)/t16-,17+/m0/s1. The van der Waals surface area contributed by atoms with Crippen LogP contribution in [0.2, 0.25) is 0 Å². The maximum Gasteiger partial charge on any atom is 0.407 e. The van der Waals surface area contributed by atoms with Gasteiger partial charge in [0.2, 0.25) is 5.91 Å². The number of carboxylic acids is 1. The Morgan fingerprint density at radius 1 is 0.970 bits per heavy atom. The van der Waals surface area contributed by atoms with Gasteiger partial charge in [-0.25, -0.2) is 4.79 Å². The van der Waals surface area contributed by atoms with E-state index in [4.69, 9.17) is 9.84 Å². The number of carbonyl (C=O) groups is 3. The van der Waals surface area contributed by atoms with E-state index in [0.717, 1.165) is 0 Å². The molecule has 3 aliphatic rings. The van der Waals surface area contributed by atoms with Crippen molar-refractivity contribution in [2.45, 2.75) is 56.0 Å². The van der Waals surface area contributed by atoms with Crippen LogP contribution < -0.4 is 10.6 Å². The van der Waals surface area contributed by atoms with E-state index in [-0.39, 0.29) is 36.8 Å². The molecule has 0 spiro atoms. The number of aliphatic carboxylic acids is 1. The lowest BCUT2D eigenvalue weighted by atomic mass is 9.98. The lowest BCUT2D eigenvalue weighted by molar-refractivity contribution is -0.138. The van der Waals surface area contributed by atoms with Crippen LogP contribution in [0.3, 0.4) is 0 Å². The van der Waals surface area contributed by atoms with Gasteiger partial charge in [-0.3, -0.25) is 9.59 Å². The van der Waals surface area contributed by atoms with E-state index in [1.165, 1.54) is 22.3 Å². The Bertz CT molecular complexity index is 1050. The zero-order chi connectivity index (χ0) is 23.0. The fourth-order valence-electron chi connectivity index (χ4n) is 5.31. The second-order valence-corrected chi connectivity index (χ2v) is 9.52. The number of amides is 2. The molecule has 0 bridgehead atoms. The third kappa shape index (κ3) is 4.45. The monoisotopic (exact) mass is 448 g/mol. The van der Waals surface area contributed by atoms with Crippen molar-refractivity contribution in [3.8, 4) is 11.1 Å². The Morgan fingerprint density at radius 3 is 2.21 bits per heavy atom. The molecule has 172 valence electrons. The SMILES string of the molecule is O=C(O)CC1(NC(=O)[C@H]2CC[C@@H](NC(=O)OCC3c4ccccc4-c4ccccc43)C2)CC1. The van der Waals surface area contributed by atoms with Gasteiger partial charge in [-0.15, -0.1) is 0 Å². The summed E-state index contributed by atoms with van der Waals surface area (Å²) in [5.41, 5.74) is 4.13. The van der Waals surface area contributed by atoms with Crippen molar-refractivity contribution in [3.63, 3.8) is 0 Å². The molecule has 2 atom stereocenters. The molecular formula is C26H28N2O5. The molecule has 2 aromatic carbocycles. The first-order valence-corrected chi connectivity index (χ1v) is 11.6. The molecule has 33 heavy (non-hydrogen) atoms. The highest BCUT2D eigenvalue weighted by Gasteiger charge is 2.47. The van der Waals surface area contributed by atoms with E-state index in [2.05, 4.69) is 34.9 Å². The number of ether oxygens (including phenoxy) is 1. The van der Waals surface area contributed by atoms with Gasteiger partial charge in [0.1, 0.15) is 6.61 Å². The topological polar surface area (TPSA) is 105 Å². The normalized spacial score (nSPS) is 22.2. The van der Waals surface area contributed by atoms with Crippen molar-refractivity contribution >= 4 is 18.0 Å². The van der Waals surface area contributed by atoms with Crippen LogP contribution in [0, 0.1) is 5.92 Å². The summed E-state index contributed by atoms with van der Waals surface area (Å²) in [7, 11) is 0. The van der Waals surface area contributed by atoms with Gasteiger partial charge >= 0.3 is 12.1 Å². The molecule has 3 aliphatic carbocycles. The summed E-state index contributed by atoms with van der Waals surface area (Å²) in [6.45, 7) is 0.258. The minimum absolute atomic E-state index is 0.00854. The molecule has 0 heterocycles. The highest BCUT2D eigenvalue weighted by atomic mass is 16.5. The van der Waals surface area contributed by atoms with Crippen LogP contribution >= 0.6 is 0 Å². The molecule has 2 aromatic rings. The third-order valence-electron chi connectivity index (χ3n) is 7.20. The number of carboxylic acid groups (broad SMARTS) is 1. The average molecular weight is 449 g/mol. The smallest absolute Gasteiger partial charge is 0.407 e. The minimum Gasteiger partial charge on any atom is -0.481 e. The van der Waals surface area contributed by atoms with Crippen LogP contribution in [0.5, 0.6) is 0 Å². The van der Waals surface area contributed by atoms with Gasteiger partial charge in [0.25, 0.3) is 0 Å². The first-order chi connectivity index (χ1) is 15.9. The Morgan fingerprint density at radius 2 is 1.61 bits per heavy atom. The van der Waals surface area contributed by atoms with Crippen molar-refractivity contribution in [2.24, 2.45) is 5.92 Å². The van der Waals surface area contributed by atoms with Crippen LogP contribution in [0.1, 0.15) is 55.6 Å². The Kier molecular flexibility index (Phi) is 5.56. The number of fused-ring (bicyclic) bond motifs is 3. The summed E-state index contributed by atoms with van der Waals surface area (Å²) in [5.74, 6) is -1.20. The molecule has 0 aromatic heterocycles. The number of rotatable bonds is 7. The maximum absolute atomic E-state index is 12.6. The summed E-state index contributed by atoms with van der Waals surface area (Å²) < 4.78 is 5.62. The molecule has 0 saturated heterocycles. The first kappa shape index (κ1) is 21.5. The molecule has 0 radical (unpaired) electrons. The summed E-state index contributed by atoms with van der Waals surface area (Å²) in [5, 5.41) is 14.9. The number of benzene rings is 2. The molecule has 7 heteroatoms. The van der Waals surface area contributed by atoms with Gasteiger partial charge in [0.15, 0.2) is 0 Å². The van der Waals surface area contributed by atoms with Crippen LogP contribution in [0.4, 0.5) is 4.79 Å². The molecule has 2 amide bonds. The maximum atomic E-state index is 12.6. The number of alkyl carbamates (subject to hydrolysis) is 1. The highest BCUT2D eigenvalue weighted by molar-refractivity contribution is 5.82. The summed E-state index contributed by atoms with van der Waals surface area (Å²) >= 11 is 0. The van der Waals surface area contributed by atoms with E-state index in [9.17, 15) is 14.4 Å². The van der Waals surface area contributed by atoms with Crippen molar-refractivity contribution in [2.75, 3.05) is 6.61 Å². The molecular weight excluding hydrogens is 420 g/mol. The number of hydrogen-bond acceptors (Lipinski definition) is 4. The summed E-state index contributed by atoms with van der Waals surface area (Å²) in [6.07, 6.45) is 2.83. The highest BCUT2D eigenvalue weighted by Crippen LogP contribution is 2.44. The van der Waals surface area contributed by atoms with Gasteiger partial charge in [-0.05, 0) is 54.4 Å². The van der Waals surface area contributed by atoms with Crippen LogP contribution in [0.25, 0.3) is 11.1 Å². The fourth-order valence-corrected chi connectivity index (χ4v) is 5.31. The van der Waals surface area contributed by atoms with Crippen LogP contribution in [-0.2, 0) is 14.3 Å². The Hall–Kier alpha value is -3.35. The predicted octanol–water partition coefficient (Wildman–Crippen LogP) is 3.82. The van der Waals surface area contributed by atoms with E-state index < -0.39 is 17.6 Å². The molecule has 2 saturated carbocycles. The third-order valence-corrected chi connectivity index (χ3v) is 7.20. The zero-order valence-electron chi connectivity index (χ0n) is 18.4. The van der Waals surface area contributed by atoms with Crippen molar-refractivity contribution in [1.82, 2.24) is 10.6 Å². The zero-order valence-corrected chi connectivity index (χ0v) is 18.4. The van der Waals surface area contributed by atoms with Crippen LogP contribution in [-0.4, -0.2) is 41.3 Å². The predicted molar refractivity (Wildman–Crippen MR) is 122 cm³/mol. The largest absolute Gasteiger partial charge is 0.481 e. The minimum atomic E-state index is -0.894. The molecule has 7 nitrogen and oxygen atoms in total. The van der Waals surface area contributed by atoms with E-state index in [0.29, 0.717) is 32.1 Å². The van der Waals surface area contributed by atoms with E-state index >= 15 is 0 Å². The Labute approximate surface area is 192 Å². The summed E-state index contributed by atoms with van der Waals surface area (Å²) in [6, 6.07) is 16.3. The quantitative estimate of drug-likeness (QED) is 0.597. The molecule has 3 N–H and O–H groups in total. The number of nitrogens with one attached hydrogen (secondary N) is 2. The lowest BCUT2D eigenvalue weighted by Gasteiger charge is -2.19. The second kappa shape index (κ2) is 8.54.